The normalized spacial score (nSPS) is 14.0. The summed E-state index contributed by atoms with van der Waals surface area (Å²) in [5.41, 5.74) is 0. The lowest BCUT2D eigenvalue weighted by molar-refractivity contribution is -0.146. The number of unbranched alkanes of at least 4 members (excludes halogenated alkanes) is 4. The molecule has 0 aliphatic carbocycles. The van der Waals surface area contributed by atoms with Crippen molar-refractivity contribution in [2.24, 2.45) is 0 Å². The molecule has 9 heteroatoms. The van der Waals surface area contributed by atoms with E-state index in [2.05, 4.69) is 6.92 Å². The van der Waals surface area contributed by atoms with Crippen LogP contribution in [0, 0.1) is 0 Å². The third kappa shape index (κ3) is 8.06. The number of rotatable bonds is 10. The molecule has 0 rings (SSSR count). The van der Waals surface area contributed by atoms with E-state index in [-0.39, 0.29) is 6.42 Å². The van der Waals surface area contributed by atoms with Gasteiger partial charge in [0.2, 0.25) is 9.64 Å². The molecule has 0 N–H and O–H groups in total. The van der Waals surface area contributed by atoms with Crippen LogP contribution < -0.4 is 0 Å². The van der Waals surface area contributed by atoms with Crippen molar-refractivity contribution in [2.45, 2.75) is 55.1 Å². The molecule has 0 spiro atoms. The fourth-order valence-electron chi connectivity index (χ4n) is 1.63. The van der Waals surface area contributed by atoms with Gasteiger partial charge in [0.25, 0.3) is 0 Å². The van der Waals surface area contributed by atoms with E-state index in [0.29, 0.717) is 6.42 Å². The Morgan fingerprint density at radius 3 is 2.05 bits per heavy atom. The minimum Gasteiger partial charge on any atom is -0.445 e. The van der Waals surface area contributed by atoms with Crippen LogP contribution >= 0.6 is 42.4 Å². The van der Waals surface area contributed by atoms with Crippen LogP contribution in [0.4, 0.5) is 0 Å². The van der Waals surface area contributed by atoms with E-state index in [1.54, 1.807) is 0 Å². The summed E-state index contributed by atoms with van der Waals surface area (Å²) in [6.07, 6.45) is 5.02. The molecule has 1 atom stereocenters. The molecule has 0 saturated carbocycles. The lowest BCUT2D eigenvalue weighted by Gasteiger charge is -2.28. The van der Waals surface area contributed by atoms with Crippen molar-refractivity contribution in [3.8, 4) is 0 Å². The van der Waals surface area contributed by atoms with Gasteiger partial charge < -0.3 is 13.8 Å². The van der Waals surface area contributed by atoms with Crippen molar-refractivity contribution in [3.63, 3.8) is 0 Å². The van der Waals surface area contributed by atoms with E-state index < -0.39 is 23.2 Å². The molecule has 0 saturated heterocycles. The number of ether oxygens (including phenoxy) is 1. The number of alkyl halides is 3. The maximum atomic E-state index is 12.3. The van der Waals surface area contributed by atoms with Gasteiger partial charge in [-0.3, -0.25) is 9.36 Å². The summed E-state index contributed by atoms with van der Waals surface area (Å²) < 4.78 is 24.7. The smallest absolute Gasteiger partial charge is 0.374 e. The lowest BCUT2D eigenvalue weighted by Crippen LogP contribution is -2.32. The summed E-state index contributed by atoms with van der Waals surface area (Å²) in [5, 5.41) is 0. The highest BCUT2D eigenvalue weighted by atomic mass is 35.6. The van der Waals surface area contributed by atoms with Gasteiger partial charge in [-0.1, -0.05) is 67.4 Å². The standard InChI is InChI=1S/C12H22Cl3O5P/c1-4-5-6-7-8-9-10(16)20-11(12(13,14)15)21(17,18-2)19-3/h11H,4-9H2,1-3H3. The van der Waals surface area contributed by atoms with E-state index in [1.807, 2.05) is 0 Å². The second kappa shape index (κ2) is 10.3. The van der Waals surface area contributed by atoms with Crippen molar-refractivity contribution in [2.75, 3.05) is 14.2 Å². The zero-order valence-corrected chi connectivity index (χ0v) is 15.6. The van der Waals surface area contributed by atoms with E-state index >= 15 is 0 Å². The fraction of sp³-hybridized carbons (Fsp3) is 0.917. The Bertz CT molecular complexity index is 351. The maximum absolute atomic E-state index is 12.3. The third-order valence-electron chi connectivity index (χ3n) is 2.80. The maximum Gasteiger partial charge on any atom is 0.374 e. The van der Waals surface area contributed by atoms with E-state index in [9.17, 15) is 9.36 Å². The van der Waals surface area contributed by atoms with Gasteiger partial charge in [0.05, 0.1) is 0 Å². The van der Waals surface area contributed by atoms with Crippen LogP contribution in [0.1, 0.15) is 45.4 Å². The van der Waals surface area contributed by atoms with E-state index in [4.69, 9.17) is 48.6 Å². The molecule has 5 nitrogen and oxygen atoms in total. The van der Waals surface area contributed by atoms with E-state index in [1.165, 1.54) is 0 Å². The van der Waals surface area contributed by atoms with Crippen LogP contribution in [0.25, 0.3) is 0 Å². The molecule has 21 heavy (non-hydrogen) atoms. The fourth-order valence-corrected chi connectivity index (χ4v) is 3.98. The summed E-state index contributed by atoms with van der Waals surface area (Å²) in [6, 6.07) is 0. The second-order valence-corrected chi connectivity index (χ2v) is 9.10. The predicted octanol–water partition coefficient (Wildman–Crippen LogP) is 5.07. The minimum absolute atomic E-state index is 0.161. The third-order valence-corrected chi connectivity index (χ3v) is 5.94. The predicted molar refractivity (Wildman–Crippen MR) is 85.2 cm³/mol. The highest BCUT2D eigenvalue weighted by Crippen LogP contribution is 2.59. The van der Waals surface area contributed by atoms with Crippen LogP contribution in [-0.2, 0) is 23.1 Å². The number of esters is 1. The average molecular weight is 384 g/mol. The molecule has 0 heterocycles. The quantitative estimate of drug-likeness (QED) is 0.228. The largest absolute Gasteiger partial charge is 0.445 e. The van der Waals surface area contributed by atoms with Gasteiger partial charge in [0, 0.05) is 20.6 Å². The Hall–Kier alpha value is 0.490. The average Bonchev–Trinajstić information content (AvgIpc) is 2.42. The zero-order chi connectivity index (χ0) is 16.5. The first-order valence-electron chi connectivity index (χ1n) is 6.68. The number of hydrogen-bond acceptors (Lipinski definition) is 5. The summed E-state index contributed by atoms with van der Waals surface area (Å²) >= 11 is 17.1. The number of carbonyl (C=O) groups excluding carboxylic acids is 1. The molecule has 0 aromatic heterocycles. The molecule has 1 unspecified atom stereocenters. The summed E-state index contributed by atoms with van der Waals surface area (Å²) in [6.45, 7) is 2.10. The van der Waals surface area contributed by atoms with Crippen molar-refractivity contribution in [3.05, 3.63) is 0 Å². The molecule has 0 aliphatic heterocycles. The van der Waals surface area contributed by atoms with Gasteiger partial charge >= 0.3 is 13.6 Å². The first-order valence-corrected chi connectivity index (χ1v) is 9.43. The van der Waals surface area contributed by atoms with Crippen LogP contribution in [0.15, 0.2) is 0 Å². The van der Waals surface area contributed by atoms with Gasteiger partial charge in [-0.05, 0) is 6.42 Å². The van der Waals surface area contributed by atoms with Crippen molar-refractivity contribution in [1.82, 2.24) is 0 Å². The van der Waals surface area contributed by atoms with Crippen LogP contribution in [0.3, 0.4) is 0 Å². The first-order chi connectivity index (χ1) is 9.71. The second-order valence-electron chi connectivity index (χ2n) is 4.45. The Labute approximate surface area is 141 Å². The SMILES string of the molecule is CCCCCCCC(=O)OC(C(Cl)(Cl)Cl)P(=O)(OC)OC. The van der Waals surface area contributed by atoms with Crippen LogP contribution in [-0.4, -0.2) is 29.8 Å². The van der Waals surface area contributed by atoms with Crippen LogP contribution in [0.2, 0.25) is 0 Å². The van der Waals surface area contributed by atoms with Gasteiger partial charge in [-0.15, -0.1) is 0 Å². The van der Waals surface area contributed by atoms with Gasteiger partial charge in [0.15, 0.2) is 0 Å². The van der Waals surface area contributed by atoms with Crippen molar-refractivity contribution < 1.29 is 23.1 Å². The Kier molecular flexibility index (Phi) is 10.5. The molecule has 0 bridgehead atoms. The molecule has 0 aromatic carbocycles. The first kappa shape index (κ1) is 21.5. The van der Waals surface area contributed by atoms with E-state index in [0.717, 1.165) is 39.9 Å². The number of halogens is 3. The number of hydrogen-bond donors (Lipinski definition) is 0. The Morgan fingerprint density at radius 1 is 1.10 bits per heavy atom. The van der Waals surface area contributed by atoms with Gasteiger partial charge in [-0.2, -0.15) is 0 Å². The zero-order valence-electron chi connectivity index (χ0n) is 12.4. The number of carbonyl (C=O) groups is 1. The highest BCUT2D eigenvalue weighted by molar-refractivity contribution is 7.55. The van der Waals surface area contributed by atoms with Crippen molar-refractivity contribution in [1.29, 1.82) is 0 Å². The monoisotopic (exact) mass is 382 g/mol. The summed E-state index contributed by atoms with van der Waals surface area (Å²) in [7, 11) is -1.59. The molecular formula is C12H22Cl3O5P. The Morgan fingerprint density at radius 2 is 1.62 bits per heavy atom. The van der Waals surface area contributed by atoms with Crippen LogP contribution in [0.5, 0.6) is 0 Å². The van der Waals surface area contributed by atoms with Crippen molar-refractivity contribution >= 4 is 48.4 Å². The molecule has 0 radical (unpaired) electrons. The molecule has 126 valence electrons. The summed E-state index contributed by atoms with van der Waals surface area (Å²) in [4.78, 5) is 11.8. The van der Waals surface area contributed by atoms with Gasteiger partial charge in [-0.25, -0.2) is 0 Å². The lowest BCUT2D eigenvalue weighted by atomic mass is 10.1. The van der Waals surface area contributed by atoms with Gasteiger partial charge in [0.1, 0.15) is 0 Å². The topological polar surface area (TPSA) is 61.8 Å². The molecule has 0 fully saturated rings. The minimum atomic E-state index is -3.86. The molecule has 0 aromatic rings. The molecular weight excluding hydrogens is 361 g/mol. The highest BCUT2D eigenvalue weighted by Gasteiger charge is 2.51. The summed E-state index contributed by atoms with van der Waals surface area (Å²) in [5.74, 6) is -2.20. The Balaban J connectivity index is 4.56. The molecule has 0 aliphatic rings. The molecule has 0 amide bonds.